The van der Waals surface area contributed by atoms with E-state index in [1.807, 2.05) is 0 Å². The molecule has 5 heteroatoms. The van der Waals surface area contributed by atoms with Crippen molar-refractivity contribution in [3.8, 4) is 0 Å². The molecule has 0 saturated heterocycles. The fourth-order valence-electron chi connectivity index (χ4n) is 2.47. The van der Waals surface area contributed by atoms with E-state index in [0.29, 0.717) is 12.5 Å². The summed E-state index contributed by atoms with van der Waals surface area (Å²) >= 11 is 0. The lowest BCUT2D eigenvalue weighted by molar-refractivity contribution is 0.684. The van der Waals surface area contributed by atoms with Crippen LogP contribution in [0.5, 0.6) is 0 Å². The lowest BCUT2D eigenvalue weighted by Gasteiger charge is -2.16. The zero-order valence-corrected chi connectivity index (χ0v) is 12.0. The van der Waals surface area contributed by atoms with Gasteiger partial charge in [-0.15, -0.1) is 0 Å². The summed E-state index contributed by atoms with van der Waals surface area (Å²) in [7, 11) is 1.60. The largest absolute Gasteiger partial charge is 0.370 e. The molecule has 5 nitrogen and oxygen atoms in total. The van der Waals surface area contributed by atoms with Crippen LogP contribution in [0.4, 0.5) is 0 Å². The fraction of sp³-hybridized carbons (Fsp3) is 0.467. The minimum absolute atomic E-state index is 0.278. The number of nitrogens with one attached hydrogen (secondary N) is 1. The summed E-state index contributed by atoms with van der Waals surface area (Å²) in [5, 5.41) is 2.72. The van der Waals surface area contributed by atoms with E-state index in [0.717, 1.165) is 6.42 Å². The molecule has 0 heterocycles. The molecule has 0 spiro atoms. The van der Waals surface area contributed by atoms with Crippen LogP contribution in [0.2, 0.25) is 0 Å². The van der Waals surface area contributed by atoms with Gasteiger partial charge in [0.25, 0.3) is 0 Å². The van der Waals surface area contributed by atoms with Crippen molar-refractivity contribution >= 4 is 11.9 Å². The van der Waals surface area contributed by atoms with Crippen LogP contribution in [0.25, 0.3) is 0 Å². The van der Waals surface area contributed by atoms with E-state index in [1.54, 1.807) is 7.05 Å². The molecule has 0 bridgehead atoms. The highest BCUT2D eigenvalue weighted by atomic mass is 15.2. The second kappa shape index (κ2) is 6.93. The first-order chi connectivity index (χ1) is 9.69. The number of hydrogen-bond acceptors (Lipinski definition) is 2. The maximum absolute atomic E-state index is 5.70. The van der Waals surface area contributed by atoms with Gasteiger partial charge in [0.1, 0.15) is 0 Å². The molecule has 0 aliphatic heterocycles. The van der Waals surface area contributed by atoms with Gasteiger partial charge in [0, 0.05) is 13.6 Å². The number of fused-ring (bicyclic) bond motifs is 1. The van der Waals surface area contributed by atoms with Crippen LogP contribution in [0.1, 0.15) is 29.5 Å². The number of rotatable bonds is 3. The van der Waals surface area contributed by atoms with Crippen LogP contribution in [0, 0.1) is 0 Å². The van der Waals surface area contributed by atoms with Gasteiger partial charge in [-0.2, -0.15) is 0 Å². The van der Waals surface area contributed by atoms with Gasteiger partial charge in [-0.25, -0.2) is 0 Å². The Morgan fingerprint density at radius 3 is 2.65 bits per heavy atom. The molecule has 0 saturated carbocycles. The highest BCUT2D eigenvalue weighted by molar-refractivity contribution is 5.96. The van der Waals surface area contributed by atoms with Gasteiger partial charge in [-0.1, -0.05) is 18.2 Å². The van der Waals surface area contributed by atoms with E-state index in [-0.39, 0.29) is 5.96 Å². The van der Waals surface area contributed by atoms with Gasteiger partial charge in [0.05, 0.1) is 0 Å². The van der Waals surface area contributed by atoms with Crippen molar-refractivity contribution in [3.05, 3.63) is 34.9 Å². The van der Waals surface area contributed by atoms with Crippen molar-refractivity contribution in [2.75, 3.05) is 13.6 Å². The Kier molecular flexibility index (Phi) is 4.98. The zero-order chi connectivity index (χ0) is 14.4. The Morgan fingerprint density at radius 1 is 1.15 bits per heavy atom. The lowest BCUT2D eigenvalue weighted by atomic mass is 9.90. The first kappa shape index (κ1) is 14.4. The molecule has 5 N–H and O–H groups in total. The van der Waals surface area contributed by atoms with Gasteiger partial charge >= 0.3 is 0 Å². The van der Waals surface area contributed by atoms with E-state index in [1.165, 1.54) is 42.4 Å². The van der Waals surface area contributed by atoms with Crippen LogP contribution in [-0.2, 0) is 19.3 Å². The zero-order valence-electron chi connectivity index (χ0n) is 12.0. The first-order valence-electron chi connectivity index (χ1n) is 7.09. The number of benzene rings is 1. The third-order valence-corrected chi connectivity index (χ3v) is 3.59. The van der Waals surface area contributed by atoms with Crippen molar-refractivity contribution in [1.29, 1.82) is 0 Å². The molecule has 1 aliphatic carbocycles. The minimum atomic E-state index is 0.278. The Hall–Kier alpha value is -2.04. The number of guanidine groups is 2. The highest BCUT2D eigenvalue weighted by Crippen LogP contribution is 2.22. The SMILES string of the molecule is CN=C(N)NC(N)=NCCc1ccc2c(c1)CCCC2. The van der Waals surface area contributed by atoms with Gasteiger partial charge in [0.2, 0.25) is 0 Å². The summed E-state index contributed by atoms with van der Waals surface area (Å²) in [5.41, 5.74) is 15.5. The average Bonchev–Trinajstić information content (AvgIpc) is 2.47. The smallest absolute Gasteiger partial charge is 0.195 e. The molecule has 1 aliphatic rings. The van der Waals surface area contributed by atoms with Gasteiger partial charge < -0.3 is 11.5 Å². The Labute approximate surface area is 120 Å². The number of nitrogens with zero attached hydrogens (tertiary/aromatic N) is 2. The second-order valence-electron chi connectivity index (χ2n) is 5.06. The van der Waals surface area contributed by atoms with Crippen molar-refractivity contribution in [3.63, 3.8) is 0 Å². The Balaban J connectivity index is 1.89. The first-order valence-corrected chi connectivity index (χ1v) is 7.09. The highest BCUT2D eigenvalue weighted by Gasteiger charge is 2.09. The van der Waals surface area contributed by atoms with E-state index in [4.69, 9.17) is 11.5 Å². The molecule has 108 valence electrons. The minimum Gasteiger partial charge on any atom is -0.370 e. The van der Waals surface area contributed by atoms with Gasteiger partial charge in [-0.05, 0) is 48.8 Å². The fourth-order valence-corrected chi connectivity index (χ4v) is 2.47. The number of nitrogens with two attached hydrogens (primary N) is 2. The molecular formula is C15H23N5. The summed E-state index contributed by atoms with van der Waals surface area (Å²) in [6, 6.07) is 6.78. The molecular weight excluding hydrogens is 250 g/mol. The van der Waals surface area contributed by atoms with Crippen LogP contribution in [-0.4, -0.2) is 25.5 Å². The van der Waals surface area contributed by atoms with Crippen LogP contribution in [0.3, 0.4) is 0 Å². The van der Waals surface area contributed by atoms with Crippen LogP contribution < -0.4 is 16.8 Å². The summed E-state index contributed by atoms with van der Waals surface area (Å²) in [4.78, 5) is 8.01. The Morgan fingerprint density at radius 2 is 1.90 bits per heavy atom. The Bertz CT molecular complexity index is 519. The standard InChI is InChI=1S/C15H23N5/c1-18-14(16)20-15(17)19-9-8-11-6-7-12-4-2-3-5-13(12)10-11/h6-7,10H,2-5,8-9H2,1H3,(H5,16,17,18,19,20). The predicted molar refractivity (Wildman–Crippen MR) is 84.0 cm³/mol. The lowest BCUT2D eigenvalue weighted by Crippen LogP contribution is -2.41. The summed E-state index contributed by atoms with van der Waals surface area (Å²) < 4.78 is 0. The molecule has 2 rings (SSSR count). The molecule has 0 amide bonds. The maximum Gasteiger partial charge on any atom is 0.195 e. The summed E-state index contributed by atoms with van der Waals surface area (Å²) in [5.74, 6) is 0.589. The number of aliphatic imine (C=N–C) groups is 2. The van der Waals surface area contributed by atoms with Crippen molar-refractivity contribution in [2.45, 2.75) is 32.1 Å². The average molecular weight is 273 g/mol. The molecule has 0 aromatic heterocycles. The summed E-state index contributed by atoms with van der Waals surface area (Å²) in [6.45, 7) is 0.647. The monoisotopic (exact) mass is 273 g/mol. The van der Waals surface area contributed by atoms with Crippen LogP contribution >= 0.6 is 0 Å². The topological polar surface area (TPSA) is 88.8 Å². The quantitative estimate of drug-likeness (QED) is 0.566. The van der Waals surface area contributed by atoms with E-state index in [2.05, 4.69) is 33.5 Å². The molecule has 1 aromatic carbocycles. The molecule has 1 aromatic rings. The third-order valence-electron chi connectivity index (χ3n) is 3.59. The maximum atomic E-state index is 5.70. The molecule has 20 heavy (non-hydrogen) atoms. The van der Waals surface area contributed by atoms with Crippen molar-refractivity contribution < 1.29 is 0 Å². The number of aryl methyl sites for hydroxylation is 2. The van der Waals surface area contributed by atoms with Crippen molar-refractivity contribution in [2.24, 2.45) is 21.5 Å². The van der Waals surface area contributed by atoms with Crippen LogP contribution in [0.15, 0.2) is 28.2 Å². The van der Waals surface area contributed by atoms with E-state index in [9.17, 15) is 0 Å². The van der Waals surface area contributed by atoms with E-state index >= 15 is 0 Å². The molecule has 0 atom stereocenters. The van der Waals surface area contributed by atoms with Gasteiger partial charge in [-0.3, -0.25) is 15.3 Å². The number of hydrogen-bond donors (Lipinski definition) is 3. The molecule has 0 fully saturated rings. The predicted octanol–water partition coefficient (Wildman–Crippen LogP) is 0.957. The normalized spacial score (nSPS) is 15.8. The summed E-state index contributed by atoms with van der Waals surface area (Å²) in [6.07, 6.45) is 5.94. The van der Waals surface area contributed by atoms with Crippen molar-refractivity contribution in [1.82, 2.24) is 5.32 Å². The second-order valence-corrected chi connectivity index (χ2v) is 5.06. The third kappa shape index (κ3) is 3.98. The molecule has 0 unspecified atom stereocenters. The van der Waals surface area contributed by atoms with Gasteiger partial charge in [0.15, 0.2) is 11.9 Å². The molecule has 0 radical (unpaired) electrons. The van der Waals surface area contributed by atoms with E-state index < -0.39 is 0 Å².